The predicted molar refractivity (Wildman–Crippen MR) is 116 cm³/mol. The number of benzene rings is 3. The Kier molecular flexibility index (Phi) is 6.27. The lowest BCUT2D eigenvalue weighted by atomic mass is 9.95. The molecule has 0 aliphatic rings. The Bertz CT molecular complexity index is 817. The van der Waals surface area contributed by atoms with Crippen LogP contribution in [0.3, 0.4) is 0 Å². The van der Waals surface area contributed by atoms with E-state index in [1.165, 1.54) is 17.7 Å². The van der Waals surface area contributed by atoms with Crippen molar-refractivity contribution >= 4 is 62.8 Å². The normalized spacial score (nSPS) is 10.5. The fourth-order valence-electron chi connectivity index (χ4n) is 2.67. The van der Waals surface area contributed by atoms with Crippen LogP contribution < -0.4 is 21.4 Å². The van der Waals surface area contributed by atoms with Gasteiger partial charge in [-0.1, -0.05) is 78.3 Å². The van der Waals surface area contributed by atoms with Gasteiger partial charge in [-0.15, -0.1) is 0 Å². The molecule has 3 aromatic carbocycles. The lowest BCUT2D eigenvalue weighted by Gasteiger charge is -2.22. The molecule has 25 heavy (non-hydrogen) atoms. The molecule has 0 bridgehead atoms. The van der Waals surface area contributed by atoms with E-state index in [0.717, 1.165) is 10.8 Å². The molecule has 2 nitrogen and oxygen atoms in total. The zero-order chi connectivity index (χ0) is 17.6. The first-order valence-corrected chi connectivity index (χ1v) is 10.4. The molecule has 0 saturated carbocycles. The molecule has 0 fully saturated rings. The van der Waals surface area contributed by atoms with E-state index in [4.69, 9.17) is 4.74 Å². The van der Waals surface area contributed by atoms with Gasteiger partial charge in [0.15, 0.2) is 0 Å². The van der Waals surface area contributed by atoms with Gasteiger partial charge in [-0.2, -0.15) is 22.4 Å². The second kappa shape index (κ2) is 8.64. The van der Waals surface area contributed by atoms with E-state index in [2.05, 4.69) is 52.7 Å². The number of halogens is 1. The Labute approximate surface area is 163 Å². The minimum absolute atomic E-state index is 0.297. The summed E-state index contributed by atoms with van der Waals surface area (Å²) in [6.07, 6.45) is 0. The van der Waals surface area contributed by atoms with Gasteiger partial charge >= 0.3 is 5.97 Å². The SMILES string of the molecule is COC(=O)c1ccc([B]I)cc1P(c1ccccc1)c1ccccc1. The Morgan fingerprint density at radius 2 is 1.48 bits per heavy atom. The molecule has 3 aromatic rings. The van der Waals surface area contributed by atoms with Gasteiger partial charge in [-0.25, -0.2) is 4.79 Å². The summed E-state index contributed by atoms with van der Waals surface area (Å²) in [5.74, 6) is -0.297. The van der Waals surface area contributed by atoms with Crippen LogP contribution in [-0.2, 0) is 4.74 Å². The summed E-state index contributed by atoms with van der Waals surface area (Å²) in [5, 5.41) is 5.45. The maximum Gasteiger partial charge on any atom is 0.338 e. The monoisotopic (exact) mass is 457 g/mol. The molecule has 0 spiro atoms. The molecule has 0 saturated heterocycles. The number of rotatable bonds is 5. The third kappa shape index (κ3) is 4.13. The highest BCUT2D eigenvalue weighted by molar-refractivity contribution is 14.1. The third-order valence-corrected chi connectivity index (χ3v) is 7.02. The van der Waals surface area contributed by atoms with E-state index < -0.39 is 7.92 Å². The van der Waals surface area contributed by atoms with Gasteiger partial charge in [0.25, 0.3) is 0 Å². The Hall–Kier alpha value is -1.65. The van der Waals surface area contributed by atoms with Gasteiger partial charge in [0.2, 0.25) is 5.14 Å². The van der Waals surface area contributed by atoms with E-state index in [1.807, 2.05) is 53.7 Å². The van der Waals surface area contributed by atoms with Gasteiger partial charge in [-0.3, -0.25) is 0 Å². The van der Waals surface area contributed by atoms with Crippen LogP contribution in [0.25, 0.3) is 0 Å². The van der Waals surface area contributed by atoms with Crippen molar-refractivity contribution in [1.29, 1.82) is 0 Å². The van der Waals surface area contributed by atoms with Crippen molar-refractivity contribution in [2.75, 3.05) is 7.11 Å². The number of esters is 1. The minimum atomic E-state index is -0.851. The summed E-state index contributed by atoms with van der Waals surface area (Å²) < 4.78 is 5.03. The third-order valence-electron chi connectivity index (χ3n) is 3.82. The fourth-order valence-corrected chi connectivity index (χ4v) is 5.53. The molecule has 0 aliphatic heterocycles. The number of ether oxygens (including phenoxy) is 1. The summed E-state index contributed by atoms with van der Waals surface area (Å²) in [7, 11) is 0.577. The molecule has 0 unspecified atom stereocenters. The number of hydrogen-bond acceptors (Lipinski definition) is 2. The second-order valence-corrected chi connectivity index (χ2v) is 8.19. The van der Waals surface area contributed by atoms with Crippen molar-refractivity contribution in [2.24, 2.45) is 0 Å². The number of carbonyl (C=O) groups is 1. The van der Waals surface area contributed by atoms with E-state index >= 15 is 0 Å². The Morgan fingerprint density at radius 1 is 0.920 bits per heavy atom. The van der Waals surface area contributed by atoms with E-state index in [0.29, 0.717) is 5.56 Å². The van der Waals surface area contributed by atoms with Crippen LogP contribution >= 0.6 is 30.3 Å². The second-order valence-electron chi connectivity index (χ2n) is 5.38. The summed E-state index contributed by atoms with van der Waals surface area (Å²) in [4.78, 5) is 12.4. The van der Waals surface area contributed by atoms with Gasteiger partial charge in [0.05, 0.1) is 12.7 Å². The highest BCUT2D eigenvalue weighted by Gasteiger charge is 2.23. The summed E-state index contributed by atoms with van der Waals surface area (Å²) in [6, 6.07) is 26.6. The van der Waals surface area contributed by atoms with Crippen molar-refractivity contribution in [3.63, 3.8) is 0 Å². The molecule has 0 atom stereocenters. The van der Waals surface area contributed by atoms with Crippen LogP contribution in [0.5, 0.6) is 0 Å². The summed E-state index contributed by atoms with van der Waals surface area (Å²) in [5.41, 5.74) is 1.71. The number of methoxy groups -OCH3 is 1. The average Bonchev–Trinajstić information content (AvgIpc) is 2.69. The van der Waals surface area contributed by atoms with E-state index in [9.17, 15) is 4.79 Å². The van der Waals surface area contributed by atoms with Crippen molar-refractivity contribution in [3.05, 3.63) is 84.4 Å². The van der Waals surface area contributed by atoms with Crippen molar-refractivity contribution in [3.8, 4) is 0 Å². The molecule has 123 valence electrons. The van der Waals surface area contributed by atoms with Crippen molar-refractivity contribution < 1.29 is 9.53 Å². The lowest BCUT2D eigenvalue weighted by molar-refractivity contribution is 0.0602. The summed E-state index contributed by atoms with van der Waals surface area (Å²) in [6.45, 7) is 0. The smallest absolute Gasteiger partial charge is 0.338 e. The van der Waals surface area contributed by atoms with Gasteiger partial charge in [0.1, 0.15) is 0 Å². The van der Waals surface area contributed by atoms with Crippen LogP contribution in [0, 0.1) is 0 Å². The van der Waals surface area contributed by atoms with Gasteiger partial charge < -0.3 is 4.74 Å². The molecule has 3 rings (SSSR count). The first-order valence-electron chi connectivity index (χ1n) is 7.80. The predicted octanol–water partition coefficient (Wildman–Crippen LogP) is 2.91. The maximum atomic E-state index is 12.4. The van der Waals surface area contributed by atoms with Gasteiger partial charge in [-0.05, 0) is 29.9 Å². The van der Waals surface area contributed by atoms with Crippen LogP contribution in [0.4, 0.5) is 0 Å². The van der Waals surface area contributed by atoms with Crippen LogP contribution in [0.1, 0.15) is 10.4 Å². The summed E-state index contributed by atoms with van der Waals surface area (Å²) >= 11 is 2.23. The Morgan fingerprint density at radius 3 is 1.96 bits per heavy atom. The zero-order valence-corrected chi connectivity index (χ0v) is 16.8. The highest BCUT2D eigenvalue weighted by Crippen LogP contribution is 2.33. The molecule has 1 radical (unpaired) electrons. The van der Waals surface area contributed by atoms with E-state index in [1.54, 1.807) is 0 Å². The molecule has 0 N–H and O–H groups in total. The first kappa shape index (κ1) is 18.2. The van der Waals surface area contributed by atoms with E-state index in [-0.39, 0.29) is 5.97 Å². The standard InChI is InChI=1S/C20H16BIO2P/c1-24-20(23)18-13-12-15(21-22)14-19(18)25(16-8-4-2-5-9-16)17-10-6-3-7-11-17/h2-14H,1H3. The molecular weight excluding hydrogens is 441 g/mol. The minimum Gasteiger partial charge on any atom is -0.465 e. The fraction of sp³-hybridized carbons (Fsp3) is 0.0500. The molecule has 0 aliphatic carbocycles. The average molecular weight is 457 g/mol. The first-order chi connectivity index (χ1) is 12.2. The Balaban J connectivity index is 2.24. The number of hydrogen-bond donors (Lipinski definition) is 0. The zero-order valence-electron chi connectivity index (χ0n) is 13.7. The lowest BCUT2D eigenvalue weighted by Crippen LogP contribution is -2.29. The number of carbonyl (C=O) groups excluding carboxylic acids is 1. The largest absolute Gasteiger partial charge is 0.465 e. The molecule has 0 aromatic heterocycles. The molecular formula is C20H16BIO2P. The van der Waals surface area contributed by atoms with Crippen LogP contribution in [0.15, 0.2) is 78.9 Å². The van der Waals surface area contributed by atoms with Crippen molar-refractivity contribution in [1.82, 2.24) is 0 Å². The molecule has 5 heteroatoms. The topological polar surface area (TPSA) is 26.3 Å². The molecule has 0 heterocycles. The van der Waals surface area contributed by atoms with Gasteiger partial charge in [0, 0.05) is 0 Å². The van der Waals surface area contributed by atoms with Crippen LogP contribution in [-0.4, -0.2) is 18.2 Å². The quantitative estimate of drug-likeness (QED) is 0.255. The maximum absolute atomic E-state index is 12.4. The van der Waals surface area contributed by atoms with Crippen LogP contribution in [0.2, 0.25) is 0 Å². The van der Waals surface area contributed by atoms with Crippen molar-refractivity contribution in [2.45, 2.75) is 0 Å². The molecule has 0 amide bonds. The highest BCUT2D eigenvalue weighted by atomic mass is 127.